The van der Waals surface area contributed by atoms with Crippen molar-refractivity contribution >= 4 is 35.0 Å². The van der Waals surface area contributed by atoms with Crippen molar-refractivity contribution in [2.24, 2.45) is 10.1 Å². The number of methoxy groups -OCH3 is 2. The molecule has 188 valence electrons. The molecule has 10 heteroatoms. The smallest absolute Gasteiger partial charge is 0.375 e. The number of nitrogens with zero attached hydrogens (tertiary/aromatic N) is 3. The van der Waals surface area contributed by atoms with Crippen LogP contribution in [0.5, 0.6) is 0 Å². The average molecular weight is 501 g/mol. The summed E-state index contributed by atoms with van der Waals surface area (Å²) < 4.78 is 21.6. The van der Waals surface area contributed by atoms with Gasteiger partial charge in [-0.2, -0.15) is 5.10 Å². The second-order valence-corrected chi connectivity index (χ2v) is 8.33. The van der Waals surface area contributed by atoms with Gasteiger partial charge in [-0.25, -0.2) is 24.4 Å². The zero-order chi connectivity index (χ0) is 26.3. The Hall–Kier alpha value is -4.73. The van der Waals surface area contributed by atoms with E-state index in [1.54, 1.807) is 43.3 Å². The molecular formula is C27H23N3O7. The zero-order valence-corrected chi connectivity index (χ0v) is 20.6. The van der Waals surface area contributed by atoms with E-state index in [0.717, 1.165) is 5.56 Å². The molecule has 5 rings (SSSR count). The molecule has 3 heterocycles. The molecule has 0 fully saturated rings. The molecule has 0 radical (unpaired) electrons. The van der Waals surface area contributed by atoms with Crippen molar-refractivity contribution in [2.45, 2.75) is 19.6 Å². The predicted octanol–water partition coefficient (Wildman–Crippen LogP) is 3.03. The highest BCUT2D eigenvalue weighted by Crippen LogP contribution is 2.52. The van der Waals surface area contributed by atoms with Crippen molar-refractivity contribution in [3.63, 3.8) is 0 Å². The highest BCUT2D eigenvalue weighted by atomic mass is 16.6. The van der Waals surface area contributed by atoms with E-state index in [0.29, 0.717) is 22.5 Å². The van der Waals surface area contributed by atoms with Gasteiger partial charge >= 0.3 is 17.9 Å². The van der Waals surface area contributed by atoms with Gasteiger partial charge in [-0.15, -0.1) is 0 Å². The Morgan fingerprint density at radius 2 is 1.68 bits per heavy atom. The minimum atomic E-state index is -1.64. The molecule has 0 amide bonds. The number of carbonyl (C=O) groups excluding carboxylic acids is 3. The molecule has 3 aliphatic heterocycles. The molecule has 1 atom stereocenters. The molecule has 0 bridgehead atoms. The van der Waals surface area contributed by atoms with E-state index in [1.807, 2.05) is 19.1 Å². The quantitative estimate of drug-likeness (QED) is 0.454. The molecule has 0 aromatic heterocycles. The van der Waals surface area contributed by atoms with Crippen molar-refractivity contribution in [1.82, 2.24) is 5.01 Å². The number of hydrogen-bond acceptors (Lipinski definition) is 10. The van der Waals surface area contributed by atoms with Crippen molar-refractivity contribution in [2.75, 3.05) is 20.8 Å². The summed E-state index contributed by atoms with van der Waals surface area (Å²) in [5.74, 6) is -2.51. The maximum atomic E-state index is 13.4. The van der Waals surface area contributed by atoms with E-state index in [9.17, 15) is 14.4 Å². The third-order valence-corrected chi connectivity index (χ3v) is 6.17. The molecule has 10 nitrogen and oxygen atoms in total. The van der Waals surface area contributed by atoms with Gasteiger partial charge in [0.25, 0.3) is 5.72 Å². The number of esters is 3. The Balaban J connectivity index is 1.89. The maximum absolute atomic E-state index is 13.4. The Kier molecular flexibility index (Phi) is 5.87. The van der Waals surface area contributed by atoms with Crippen LogP contribution in [0.1, 0.15) is 23.6 Å². The van der Waals surface area contributed by atoms with E-state index in [-0.39, 0.29) is 29.2 Å². The van der Waals surface area contributed by atoms with Crippen LogP contribution in [0.3, 0.4) is 0 Å². The first-order valence-electron chi connectivity index (χ1n) is 11.5. The topological polar surface area (TPSA) is 116 Å². The van der Waals surface area contributed by atoms with Gasteiger partial charge in [-0.1, -0.05) is 48.0 Å². The molecular weight excluding hydrogens is 478 g/mol. The Bertz CT molecular complexity index is 1450. The molecule has 0 N–H and O–H groups in total. The van der Waals surface area contributed by atoms with Crippen molar-refractivity contribution < 1.29 is 33.3 Å². The minimum Gasteiger partial charge on any atom is -0.465 e. The van der Waals surface area contributed by atoms with Crippen LogP contribution in [0.2, 0.25) is 0 Å². The number of hydrogen-bond donors (Lipinski definition) is 0. The normalized spacial score (nSPS) is 19.4. The fourth-order valence-electron chi connectivity index (χ4n) is 4.52. The molecule has 0 spiro atoms. The van der Waals surface area contributed by atoms with Crippen LogP contribution in [-0.4, -0.2) is 55.2 Å². The summed E-state index contributed by atoms with van der Waals surface area (Å²) in [6.07, 6.45) is 1.42. The lowest BCUT2D eigenvalue weighted by Gasteiger charge is -2.33. The number of aryl methyl sites for hydroxylation is 1. The highest BCUT2D eigenvalue weighted by Gasteiger charge is 2.59. The highest BCUT2D eigenvalue weighted by molar-refractivity contribution is 6.52. The fraction of sp³-hybridized carbons (Fsp3) is 0.222. The monoisotopic (exact) mass is 501 g/mol. The van der Waals surface area contributed by atoms with Gasteiger partial charge in [0, 0.05) is 11.1 Å². The Labute approximate surface area is 212 Å². The lowest BCUT2D eigenvalue weighted by Crippen LogP contribution is -2.41. The predicted molar refractivity (Wildman–Crippen MR) is 132 cm³/mol. The first kappa shape index (κ1) is 24.0. The van der Waals surface area contributed by atoms with E-state index in [1.165, 1.54) is 25.4 Å². The van der Waals surface area contributed by atoms with Crippen LogP contribution in [0.25, 0.3) is 0 Å². The molecule has 2 aromatic carbocycles. The number of rotatable bonds is 5. The summed E-state index contributed by atoms with van der Waals surface area (Å²) in [5, 5.41) is 6.23. The fourth-order valence-corrected chi connectivity index (χ4v) is 4.52. The van der Waals surface area contributed by atoms with Gasteiger partial charge < -0.3 is 18.9 Å². The third-order valence-electron chi connectivity index (χ3n) is 6.17. The molecule has 0 saturated heterocycles. The molecule has 2 aromatic rings. The summed E-state index contributed by atoms with van der Waals surface area (Å²) in [4.78, 5) is 43.6. The number of fused-ring (bicyclic) bond motifs is 5. The van der Waals surface area contributed by atoms with E-state index >= 15 is 0 Å². The van der Waals surface area contributed by atoms with Crippen LogP contribution in [-0.2, 0) is 39.1 Å². The standard InChI is InChI=1S/C27H23N3O7/c1-5-36-24(31)19-14-30-27(37-19,16-12-10-15(2)11-13-16)21-20(25(32)34-3)23(26(33)35-4)28-18-9-7-6-8-17(18)22(21)29-30/h6-14H,5H2,1-4H3. The summed E-state index contributed by atoms with van der Waals surface area (Å²) >= 11 is 0. The van der Waals surface area contributed by atoms with Gasteiger partial charge in [-0.3, -0.25) is 0 Å². The van der Waals surface area contributed by atoms with Gasteiger partial charge in [0.05, 0.1) is 38.3 Å². The summed E-state index contributed by atoms with van der Waals surface area (Å²) in [5.41, 5.74) is 0.892. The number of hydrazone groups is 1. The maximum Gasteiger partial charge on any atom is 0.375 e. The number of carbonyl (C=O) groups is 3. The lowest BCUT2D eigenvalue weighted by molar-refractivity contribution is -0.146. The minimum absolute atomic E-state index is 0.115. The van der Waals surface area contributed by atoms with Crippen molar-refractivity contribution in [1.29, 1.82) is 0 Å². The number of para-hydroxylation sites is 1. The molecule has 0 aliphatic carbocycles. The second kappa shape index (κ2) is 9.05. The van der Waals surface area contributed by atoms with E-state index in [2.05, 4.69) is 4.99 Å². The average Bonchev–Trinajstić information content (AvgIpc) is 3.38. The van der Waals surface area contributed by atoms with Crippen LogP contribution in [0.15, 0.2) is 81.7 Å². The molecule has 1 unspecified atom stereocenters. The largest absolute Gasteiger partial charge is 0.465 e. The van der Waals surface area contributed by atoms with Crippen LogP contribution < -0.4 is 0 Å². The Morgan fingerprint density at radius 1 is 0.973 bits per heavy atom. The number of ether oxygens (including phenoxy) is 4. The van der Waals surface area contributed by atoms with Gasteiger partial charge in [0.1, 0.15) is 11.3 Å². The first-order chi connectivity index (χ1) is 17.8. The van der Waals surface area contributed by atoms with Crippen LogP contribution in [0.4, 0.5) is 5.69 Å². The zero-order valence-electron chi connectivity index (χ0n) is 20.6. The van der Waals surface area contributed by atoms with E-state index in [4.69, 9.17) is 24.0 Å². The number of aliphatic imine (C=N–C) groups is 1. The van der Waals surface area contributed by atoms with Gasteiger partial charge in [-0.05, 0) is 19.9 Å². The lowest BCUT2D eigenvalue weighted by atomic mass is 9.84. The SMILES string of the molecule is CCOC(=O)C1=CN2N=C3C(=C(C(=O)OC)C(C(=O)OC)=Nc4ccccc43)C2(c2ccc(C)cc2)O1. The van der Waals surface area contributed by atoms with Crippen molar-refractivity contribution in [3.05, 3.63) is 88.3 Å². The summed E-state index contributed by atoms with van der Waals surface area (Å²) in [6, 6.07) is 14.3. The van der Waals surface area contributed by atoms with Crippen LogP contribution in [0, 0.1) is 6.92 Å². The Morgan fingerprint density at radius 3 is 2.35 bits per heavy atom. The third kappa shape index (κ3) is 3.60. The summed E-state index contributed by atoms with van der Waals surface area (Å²) in [6.45, 7) is 3.74. The first-order valence-corrected chi connectivity index (χ1v) is 11.5. The molecule has 3 aliphatic rings. The molecule has 0 saturated carbocycles. The van der Waals surface area contributed by atoms with Crippen LogP contribution >= 0.6 is 0 Å². The second-order valence-electron chi connectivity index (χ2n) is 8.33. The summed E-state index contributed by atoms with van der Waals surface area (Å²) in [7, 11) is 2.39. The van der Waals surface area contributed by atoms with Gasteiger partial charge in [0.2, 0.25) is 5.76 Å². The molecule has 37 heavy (non-hydrogen) atoms. The van der Waals surface area contributed by atoms with Crippen molar-refractivity contribution in [3.8, 4) is 0 Å². The number of benzene rings is 2. The van der Waals surface area contributed by atoms with E-state index < -0.39 is 23.6 Å². The van der Waals surface area contributed by atoms with Gasteiger partial charge in [0.15, 0.2) is 5.71 Å².